The molecule has 0 aliphatic heterocycles. The number of carbonyl (C=O) groups excluding carboxylic acids is 2. The van der Waals surface area contributed by atoms with E-state index in [1.54, 1.807) is 37.3 Å². The van der Waals surface area contributed by atoms with E-state index in [0.29, 0.717) is 27.7 Å². The molecule has 0 bridgehead atoms. The number of halogens is 2. The number of anilines is 1. The minimum atomic E-state index is -3.81. The number of nitrogens with zero attached hydrogens (tertiary/aromatic N) is 2. The zero-order valence-corrected chi connectivity index (χ0v) is 24.2. The van der Waals surface area contributed by atoms with E-state index in [9.17, 15) is 18.0 Å². The number of rotatable bonds is 9. The first-order valence-corrected chi connectivity index (χ1v) is 14.2. The van der Waals surface area contributed by atoms with Crippen LogP contribution in [0.1, 0.15) is 50.8 Å². The van der Waals surface area contributed by atoms with Gasteiger partial charge in [-0.25, -0.2) is 8.42 Å². The quantitative estimate of drug-likeness (QED) is 0.466. The van der Waals surface area contributed by atoms with Crippen molar-refractivity contribution in [3.8, 4) is 0 Å². The Labute approximate surface area is 224 Å². The van der Waals surface area contributed by atoms with Crippen molar-refractivity contribution >= 4 is 50.7 Å². The maximum absolute atomic E-state index is 13.8. The lowest BCUT2D eigenvalue weighted by molar-refractivity contribution is -0.141. The molecule has 7 nitrogen and oxygen atoms in total. The third kappa shape index (κ3) is 7.85. The lowest BCUT2D eigenvalue weighted by Crippen LogP contribution is -2.55. The van der Waals surface area contributed by atoms with Gasteiger partial charge >= 0.3 is 0 Å². The Morgan fingerprint density at radius 3 is 2.25 bits per heavy atom. The maximum Gasteiger partial charge on any atom is 0.244 e. The van der Waals surface area contributed by atoms with Crippen molar-refractivity contribution in [3.63, 3.8) is 0 Å². The highest BCUT2D eigenvalue weighted by molar-refractivity contribution is 7.92. The topological polar surface area (TPSA) is 86.8 Å². The average molecular weight is 557 g/mol. The molecule has 2 aromatic carbocycles. The van der Waals surface area contributed by atoms with Gasteiger partial charge in [0.25, 0.3) is 0 Å². The van der Waals surface area contributed by atoms with E-state index >= 15 is 0 Å². The van der Waals surface area contributed by atoms with Crippen molar-refractivity contribution < 1.29 is 18.0 Å². The fraction of sp³-hybridized carbons (Fsp3) is 0.462. The van der Waals surface area contributed by atoms with Crippen molar-refractivity contribution in [1.82, 2.24) is 10.2 Å². The summed E-state index contributed by atoms with van der Waals surface area (Å²) in [5, 5.41) is 3.72. The summed E-state index contributed by atoms with van der Waals surface area (Å²) < 4.78 is 26.7. The number of carbonyl (C=O) groups is 2. The van der Waals surface area contributed by atoms with Gasteiger partial charge in [-0.15, -0.1) is 0 Å². The largest absolute Gasteiger partial charge is 0.350 e. The van der Waals surface area contributed by atoms with Crippen LogP contribution < -0.4 is 9.62 Å². The van der Waals surface area contributed by atoms with Gasteiger partial charge in [-0.05, 0) is 75.9 Å². The number of hydrogen-bond acceptors (Lipinski definition) is 4. The Morgan fingerprint density at radius 2 is 1.72 bits per heavy atom. The molecule has 36 heavy (non-hydrogen) atoms. The molecule has 10 heteroatoms. The minimum Gasteiger partial charge on any atom is -0.350 e. The van der Waals surface area contributed by atoms with Crippen LogP contribution >= 0.6 is 23.2 Å². The average Bonchev–Trinajstić information content (AvgIpc) is 2.73. The number of nitrogens with one attached hydrogen (secondary N) is 1. The van der Waals surface area contributed by atoms with Gasteiger partial charge in [0.05, 0.1) is 11.9 Å². The smallest absolute Gasteiger partial charge is 0.244 e. The molecule has 1 unspecified atom stereocenters. The number of sulfonamides is 1. The van der Waals surface area contributed by atoms with Crippen LogP contribution in [0, 0.1) is 13.8 Å². The molecule has 0 heterocycles. The molecule has 198 valence electrons. The van der Waals surface area contributed by atoms with Gasteiger partial charge in [0, 0.05) is 22.1 Å². The minimum absolute atomic E-state index is 0.00923. The van der Waals surface area contributed by atoms with Crippen LogP contribution in [0.2, 0.25) is 10.0 Å². The summed E-state index contributed by atoms with van der Waals surface area (Å²) in [6, 6.07) is 9.36. The summed E-state index contributed by atoms with van der Waals surface area (Å²) in [4.78, 5) is 28.4. The zero-order valence-electron chi connectivity index (χ0n) is 21.9. The SMILES string of the molecule is CCC(C(=O)NC(C)(C)C)N(Cc1ccc(Cl)cc1Cl)C(=O)CN(c1cccc(C)c1C)S(C)(=O)=O. The van der Waals surface area contributed by atoms with Gasteiger partial charge in [0.15, 0.2) is 0 Å². The molecule has 0 radical (unpaired) electrons. The molecule has 0 aromatic heterocycles. The van der Waals surface area contributed by atoms with Crippen molar-refractivity contribution in [2.24, 2.45) is 0 Å². The molecule has 2 aromatic rings. The number of hydrogen-bond donors (Lipinski definition) is 1. The van der Waals surface area contributed by atoms with Gasteiger partial charge < -0.3 is 10.2 Å². The Kier molecular flexibility index (Phi) is 9.84. The molecular weight excluding hydrogens is 521 g/mol. The highest BCUT2D eigenvalue weighted by atomic mass is 35.5. The fourth-order valence-corrected chi connectivity index (χ4v) is 5.17. The first-order chi connectivity index (χ1) is 16.5. The van der Waals surface area contributed by atoms with Gasteiger partial charge in [-0.3, -0.25) is 13.9 Å². The summed E-state index contributed by atoms with van der Waals surface area (Å²) in [5.41, 5.74) is 2.14. The summed E-state index contributed by atoms with van der Waals surface area (Å²) in [6.07, 6.45) is 1.38. The van der Waals surface area contributed by atoms with E-state index in [0.717, 1.165) is 21.7 Å². The van der Waals surface area contributed by atoms with Crippen molar-refractivity contribution in [2.45, 2.75) is 66.1 Å². The van der Waals surface area contributed by atoms with Crippen LogP contribution in [0.4, 0.5) is 5.69 Å². The van der Waals surface area contributed by atoms with Crippen LogP contribution in [0.3, 0.4) is 0 Å². The van der Waals surface area contributed by atoms with Crippen molar-refractivity contribution in [1.29, 1.82) is 0 Å². The first-order valence-electron chi connectivity index (χ1n) is 11.6. The maximum atomic E-state index is 13.8. The van der Waals surface area contributed by atoms with E-state index in [1.165, 1.54) is 4.90 Å². The Morgan fingerprint density at radius 1 is 1.08 bits per heavy atom. The molecule has 1 N–H and O–H groups in total. The normalized spacial score (nSPS) is 12.7. The Balaban J connectivity index is 2.54. The van der Waals surface area contributed by atoms with Crippen LogP contribution in [0.25, 0.3) is 0 Å². The Bertz CT molecular complexity index is 1230. The van der Waals surface area contributed by atoms with Gasteiger partial charge in [0.1, 0.15) is 12.6 Å². The predicted molar refractivity (Wildman–Crippen MR) is 147 cm³/mol. The van der Waals surface area contributed by atoms with E-state index in [1.807, 2.05) is 40.7 Å². The second-order valence-electron chi connectivity index (χ2n) is 9.91. The zero-order chi connectivity index (χ0) is 27.4. The summed E-state index contributed by atoms with van der Waals surface area (Å²) in [5.74, 6) is -0.857. The molecule has 0 saturated heterocycles. The van der Waals surface area contributed by atoms with E-state index in [2.05, 4.69) is 5.32 Å². The third-order valence-corrected chi connectivity index (χ3v) is 7.48. The standard InChI is InChI=1S/C26H35Cl2N3O4S/c1-8-22(25(33)29-26(4,5)6)30(15-19-12-13-20(27)14-21(19)28)24(32)16-31(36(7,34)35)23-11-9-10-17(2)18(23)3/h9-14,22H,8,15-16H2,1-7H3,(H,29,33). The molecule has 0 aliphatic carbocycles. The van der Waals surface area contributed by atoms with Crippen molar-refractivity contribution in [2.75, 3.05) is 17.1 Å². The predicted octanol–water partition coefficient (Wildman–Crippen LogP) is 5.10. The highest BCUT2D eigenvalue weighted by Crippen LogP contribution is 2.27. The molecule has 2 rings (SSSR count). The fourth-order valence-electron chi connectivity index (χ4n) is 3.81. The molecule has 1 atom stereocenters. The monoisotopic (exact) mass is 555 g/mol. The lowest BCUT2D eigenvalue weighted by Gasteiger charge is -2.35. The van der Waals surface area contributed by atoms with Gasteiger partial charge in [-0.1, -0.05) is 48.3 Å². The summed E-state index contributed by atoms with van der Waals surface area (Å²) in [6.45, 7) is 10.6. The summed E-state index contributed by atoms with van der Waals surface area (Å²) in [7, 11) is -3.81. The van der Waals surface area contributed by atoms with Gasteiger partial charge in [0.2, 0.25) is 21.8 Å². The summed E-state index contributed by atoms with van der Waals surface area (Å²) >= 11 is 12.4. The van der Waals surface area contributed by atoms with Crippen LogP contribution in [-0.2, 0) is 26.2 Å². The molecule has 2 amide bonds. The van der Waals surface area contributed by atoms with Crippen LogP contribution in [0.5, 0.6) is 0 Å². The second kappa shape index (κ2) is 11.8. The van der Waals surface area contributed by atoms with Gasteiger partial charge in [-0.2, -0.15) is 0 Å². The third-order valence-electron chi connectivity index (χ3n) is 5.76. The van der Waals surface area contributed by atoms with Crippen LogP contribution in [0.15, 0.2) is 36.4 Å². The molecule has 0 saturated carbocycles. The van der Waals surface area contributed by atoms with E-state index in [-0.39, 0.29) is 12.5 Å². The van der Waals surface area contributed by atoms with E-state index < -0.39 is 34.1 Å². The number of benzene rings is 2. The molecular formula is C26H35Cl2N3O4S. The number of amides is 2. The Hall–Kier alpha value is -2.29. The van der Waals surface area contributed by atoms with Crippen LogP contribution in [-0.4, -0.2) is 49.5 Å². The number of aryl methyl sites for hydroxylation is 1. The highest BCUT2D eigenvalue weighted by Gasteiger charge is 2.33. The van der Waals surface area contributed by atoms with E-state index in [4.69, 9.17) is 23.2 Å². The molecule has 0 spiro atoms. The molecule has 0 fully saturated rings. The lowest BCUT2D eigenvalue weighted by atomic mass is 10.1. The second-order valence-corrected chi connectivity index (χ2v) is 12.7. The van der Waals surface area contributed by atoms with Crippen molar-refractivity contribution in [3.05, 3.63) is 63.1 Å². The molecule has 0 aliphatic rings. The first kappa shape index (κ1) is 29.9.